The van der Waals surface area contributed by atoms with Crippen LogP contribution >= 0.6 is 11.6 Å². The first kappa shape index (κ1) is 17.0. The van der Waals surface area contributed by atoms with Crippen molar-refractivity contribution in [1.82, 2.24) is 4.98 Å². The summed E-state index contributed by atoms with van der Waals surface area (Å²) in [5.74, 6) is 0.00616. The lowest BCUT2D eigenvalue weighted by Gasteiger charge is -2.20. The Morgan fingerprint density at radius 3 is 2.72 bits per heavy atom. The number of aliphatic hydroxyl groups excluding tert-OH is 1. The molecule has 3 aromatic rings. The van der Waals surface area contributed by atoms with Crippen LogP contribution in [0.15, 0.2) is 63.9 Å². The zero-order valence-electron chi connectivity index (χ0n) is 13.0. The summed E-state index contributed by atoms with van der Waals surface area (Å²) in [5, 5.41) is 23.1. The number of hydrogen-bond donors (Lipinski definition) is 3. The normalized spacial score (nSPS) is 11.9. The highest BCUT2D eigenvalue weighted by molar-refractivity contribution is 6.30. The Morgan fingerprint density at radius 1 is 1.20 bits per heavy atom. The van der Waals surface area contributed by atoms with E-state index in [1.54, 1.807) is 48.7 Å². The number of hydrogen-bond acceptors (Lipinski definition) is 6. The van der Waals surface area contributed by atoms with Gasteiger partial charge < -0.3 is 19.9 Å². The van der Waals surface area contributed by atoms with E-state index >= 15 is 0 Å². The second-order valence-corrected chi connectivity index (χ2v) is 5.73. The van der Waals surface area contributed by atoms with Crippen LogP contribution in [0.25, 0.3) is 0 Å². The van der Waals surface area contributed by atoms with E-state index in [-0.39, 0.29) is 11.5 Å². The number of nitrogens with one attached hydrogen (secondary N) is 1. The fraction of sp³-hybridized carbons (Fsp3) is 0.111. The first-order valence-corrected chi connectivity index (χ1v) is 7.86. The van der Waals surface area contributed by atoms with Crippen LogP contribution in [0.2, 0.25) is 5.02 Å². The molecule has 0 saturated heterocycles. The summed E-state index contributed by atoms with van der Waals surface area (Å²) in [6.07, 6.45) is 1.61. The van der Waals surface area contributed by atoms with E-state index < -0.39 is 23.8 Å². The summed E-state index contributed by atoms with van der Waals surface area (Å²) in [4.78, 5) is 16.2. The van der Waals surface area contributed by atoms with Crippen LogP contribution in [0.1, 0.15) is 23.1 Å². The molecule has 1 aromatic carbocycles. The number of rotatable bonds is 5. The van der Waals surface area contributed by atoms with Gasteiger partial charge in [-0.3, -0.25) is 4.79 Å². The molecule has 0 amide bonds. The molecule has 2 aromatic heterocycles. The van der Waals surface area contributed by atoms with Gasteiger partial charge >= 0.3 is 0 Å². The minimum atomic E-state index is -0.729. The number of anilines is 1. The molecular formula is C18H15ClN2O4. The quantitative estimate of drug-likeness (QED) is 0.648. The number of benzene rings is 1. The molecule has 25 heavy (non-hydrogen) atoms. The van der Waals surface area contributed by atoms with Gasteiger partial charge in [-0.05, 0) is 29.8 Å². The highest BCUT2D eigenvalue weighted by Crippen LogP contribution is 2.32. The second-order valence-electron chi connectivity index (χ2n) is 5.30. The molecule has 0 unspecified atom stereocenters. The zero-order valence-corrected chi connectivity index (χ0v) is 13.8. The summed E-state index contributed by atoms with van der Waals surface area (Å²) < 4.78 is 5.53. The van der Waals surface area contributed by atoms with Crippen molar-refractivity contribution in [2.24, 2.45) is 0 Å². The van der Waals surface area contributed by atoms with Gasteiger partial charge in [-0.2, -0.15) is 0 Å². The second kappa shape index (κ2) is 7.38. The number of aromatic hydroxyl groups is 1. The summed E-state index contributed by atoms with van der Waals surface area (Å²) in [7, 11) is 0. The van der Waals surface area contributed by atoms with Crippen LogP contribution in [0.5, 0.6) is 5.75 Å². The number of halogens is 1. The monoisotopic (exact) mass is 358 g/mol. The average Bonchev–Trinajstić information content (AvgIpc) is 2.63. The Kier molecular flexibility index (Phi) is 5.02. The zero-order chi connectivity index (χ0) is 17.8. The van der Waals surface area contributed by atoms with Gasteiger partial charge in [0, 0.05) is 17.3 Å². The molecule has 0 saturated carbocycles. The molecule has 3 rings (SSSR count). The Hall–Kier alpha value is -2.83. The molecule has 128 valence electrons. The highest BCUT2D eigenvalue weighted by Gasteiger charge is 2.24. The predicted octanol–water partition coefficient (Wildman–Crippen LogP) is 3.09. The van der Waals surface area contributed by atoms with E-state index in [2.05, 4.69) is 10.3 Å². The third-order valence-corrected chi connectivity index (χ3v) is 3.79. The van der Waals surface area contributed by atoms with E-state index in [9.17, 15) is 15.0 Å². The van der Waals surface area contributed by atoms with Gasteiger partial charge in [-0.25, -0.2) is 4.98 Å². The Morgan fingerprint density at radius 2 is 2.04 bits per heavy atom. The number of aromatic nitrogens is 1. The Labute approximate surface area is 148 Å². The van der Waals surface area contributed by atoms with Crippen molar-refractivity contribution < 1.29 is 14.6 Å². The Bertz CT molecular complexity index is 928. The third kappa shape index (κ3) is 3.81. The summed E-state index contributed by atoms with van der Waals surface area (Å²) >= 11 is 6.07. The van der Waals surface area contributed by atoms with Crippen molar-refractivity contribution in [2.75, 3.05) is 5.32 Å². The van der Waals surface area contributed by atoms with Crippen LogP contribution < -0.4 is 10.7 Å². The summed E-state index contributed by atoms with van der Waals surface area (Å²) in [5.41, 5.74) is 0.0202. The van der Waals surface area contributed by atoms with Gasteiger partial charge in [0.2, 0.25) is 11.2 Å². The van der Waals surface area contributed by atoms with Gasteiger partial charge in [-0.15, -0.1) is 0 Å². The van der Waals surface area contributed by atoms with Crippen LogP contribution in [0.4, 0.5) is 5.82 Å². The van der Waals surface area contributed by atoms with E-state index in [1.807, 2.05) is 0 Å². The predicted molar refractivity (Wildman–Crippen MR) is 93.7 cm³/mol. The van der Waals surface area contributed by atoms with Crippen LogP contribution in [0, 0.1) is 0 Å². The molecule has 3 N–H and O–H groups in total. The maximum Gasteiger partial charge on any atom is 0.227 e. The Balaban J connectivity index is 2.14. The van der Waals surface area contributed by atoms with Crippen molar-refractivity contribution >= 4 is 17.4 Å². The number of nitrogens with zero attached hydrogens (tertiary/aromatic N) is 1. The lowest BCUT2D eigenvalue weighted by atomic mass is 10.0. The molecule has 0 bridgehead atoms. The number of pyridine rings is 1. The molecule has 6 nitrogen and oxygen atoms in total. The topological polar surface area (TPSA) is 95.6 Å². The fourth-order valence-corrected chi connectivity index (χ4v) is 2.61. The minimum absolute atomic E-state index is 0.0236. The lowest BCUT2D eigenvalue weighted by Crippen LogP contribution is -2.17. The van der Waals surface area contributed by atoms with Gasteiger partial charge in [0.15, 0.2) is 5.76 Å². The van der Waals surface area contributed by atoms with Crippen LogP contribution in [0.3, 0.4) is 0 Å². The van der Waals surface area contributed by atoms with Crippen molar-refractivity contribution in [1.29, 1.82) is 0 Å². The highest BCUT2D eigenvalue weighted by atomic mass is 35.5. The van der Waals surface area contributed by atoms with Crippen molar-refractivity contribution in [2.45, 2.75) is 12.6 Å². The molecule has 0 spiro atoms. The smallest absolute Gasteiger partial charge is 0.227 e. The van der Waals surface area contributed by atoms with E-state index in [0.29, 0.717) is 16.4 Å². The molecule has 0 aliphatic carbocycles. The van der Waals surface area contributed by atoms with Crippen molar-refractivity contribution in [3.8, 4) is 5.75 Å². The van der Waals surface area contributed by atoms with Crippen molar-refractivity contribution in [3.63, 3.8) is 0 Å². The first-order valence-electron chi connectivity index (χ1n) is 7.48. The van der Waals surface area contributed by atoms with Crippen LogP contribution in [-0.4, -0.2) is 15.2 Å². The summed E-state index contributed by atoms with van der Waals surface area (Å²) in [6, 6.07) is 12.5. The lowest BCUT2D eigenvalue weighted by molar-refractivity contribution is 0.234. The molecular weight excluding hydrogens is 344 g/mol. The molecule has 0 aliphatic rings. The standard InChI is InChI=1S/C18H15ClN2O4/c19-12-5-3-4-11(8-12)16(21-15-6-1-2-7-20-15)18-17(24)14(23)9-13(10-22)25-18/h1-9,16,22,24H,10H2,(H,20,21)/t16-/m1/s1. The largest absolute Gasteiger partial charge is 0.502 e. The molecule has 7 heteroatoms. The molecule has 0 radical (unpaired) electrons. The van der Waals surface area contributed by atoms with E-state index in [0.717, 1.165) is 6.07 Å². The van der Waals surface area contributed by atoms with E-state index in [4.69, 9.17) is 16.0 Å². The van der Waals surface area contributed by atoms with Crippen molar-refractivity contribution in [3.05, 3.63) is 87.1 Å². The molecule has 0 aliphatic heterocycles. The minimum Gasteiger partial charge on any atom is -0.502 e. The van der Waals surface area contributed by atoms with E-state index in [1.165, 1.54) is 0 Å². The number of aliphatic hydroxyl groups is 1. The maximum atomic E-state index is 12.0. The summed E-state index contributed by atoms with van der Waals surface area (Å²) in [6.45, 7) is -0.464. The van der Waals surface area contributed by atoms with Gasteiger partial charge in [-0.1, -0.05) is 29.8 Å². The molecule has 0 fully saturated rings. The van der Waals surface area contributed by atoms with Crippen LogP contribution in [-0.2, 0) is 6.61 Å². The average molecular weight is 359 g/mol. The van der Waals surface area contributed by atoms with Gasteiger partial charge in [0.1, 0.15) is 24.2 Å². The fourth-order valence-electron chi connectivity index (χ4n) is 2.41. The molecule has 1 atom stereocenters. The first-order chi connectivity index (χ1) is 12.1. The third-order valence-electron chi connectivity index (χ3n) is 3.56. The molecule has 2 heterocycles. The maximum absolute atomic E-state index is 12.0. The van der Waals surface area contributed by atoms with Gasteiger partial charge in [0.05, 0.1) is 0 Å². The van der Waals surface area contributed by atoms with Gasteiger partial charge in [0.25, 0.3) is 0 Å². The SMILES string of the molecule is O=c1cc(CO)oc([C@H](Nc2ccccn2)c2cccc(Cl)c2)c1O.